The number of carbonyl (C=O) groups is 1. The molecule has 1 fully saturated rings. The zero-order valence-corrected chi connectivity index (χ0v) is 9.03. The lowest BCUT2D eigenvalue weighted by Crippen LogP contribution is -2.41. The molecular formula is C10H20N2O2. The van der Waals surface area contributed by atoms with Gasteiger partial charge in [0.15, 0.2) is 0 Å². The van der Waals surface area contributed by atoms with Crippen LogP contribution in [0.5, 0.6) is 0 Å². The minimum atomic E-state index is -0.233. The van der Waals surface area contributed by atoms with Crippen LogP contribution >= 0.6 is 0 Å². The van der Waals surface area contributed by atoms with E-state index in [1.165, 1.54) is 0 Å². The van der Waals surface area contributed by atoms with Gasteiger partial charge in [0.1, 0.15) is 0 Å². The number of nitrogens with zero attached hydrogens (tertiary/aromatic N) is 1. The quantitative estimate of drug-likeness (QED) is 0.706. The van der Waals surface area contributed by atoms with Crippen LogP contribution in [0.3, 0.4) is 0 Å². The lowest BCUT2D eigenvalue weighted by atomic mass is 9.92. The molecule has 0 spiro atoms. The molecule has 1 amide bonds. The minimum Gasteiger partial charge on any atom is -0.381 e. The van der Waals surface area contributed by atoms with Crippen molar-refractivity contribution < 1.29 is 9.53 Å². The third-order valence-electron chi connectivity index (χ3n) is 3.05. The monoisotopic (exact) mass is 200 g/mol. The summed E-state index contributed by atoms with van der Waals surface area (Å²) in [5.74, 6) is 0.396. The van der Waals surface area contributed by atoms with Crippen LogP contribution in [-0.4, -0.2) is 43.7 Å². The molecule has 1 rings (SSSR count). The predicted octanol–water partition coefficient (Wildman–Crippen LogP) is 0.219. The first kappa shape index (κ1) is 11.5. The van der Waals surface area contributed by atoms with Crippen LogP contribution in [0.2, 0.25) is 0 Å². The van der Waals surface area contributed by atoms with Crippen LogP contribution in [0.4, 0.5) is 0 Å². The number of methoxy groups -OCH3 is 1. The van der Waals surface area contributed by atoms with E-state index in [9.17, 15) is 4.79 Å². The van der Waals surface area contributed by atoms with E-state index in [0.29, 0.717) is 18.6 Å². The highest BCUT2D eigenvalue weighted by molar-refractivity contribution is 5.75. The first-order valence-electron chi connectivity index (χ1n) is 5.17. The molecule has 2 N–H and O–H groups in total. The fourth-order valence-corrected chi connectivity index (χ4v) is 1.99. The molecular weight excluding hydrogens is 180 g/mol. The Hall–Kier alpha value is -0.610. The van der Waals surface area contributed by atoms with Gasteiger partial charge < -0.3 is 10.5 Å². The summed E-state index contributed by atoms with van der Waals surface area (Å²) < 4.78 is 5.30. The summed E-state index contributed by atoms with van der Waals surface area (Å²) in [4.78, 5) is 12.8. The van der Waals surface area contributed by atoms with E-state index in [4.69, 9.17) is 10.5 Å². The number of amides is 1. The van der Waals surface area contributed by atoms with Crippen LogP contribution in [0, 0.1) is 5.92 Å². The number of hydrogen-bond donors (Lipinski definition) is 1. The van der Waals surface area contributed by atoms with Crippen molar-refractivity contribution in [2.75, 3.05) is 26.7 Å². The Labute approximate surface area is 85.4 Å². The van der Waals surface area contributed by atoms with Crippen LogP contribution in [0.15, 0.2) is 0 Å². The van der Waals surface area contributed by atoms with Crippen molar-refractivity contribution in [3.05, 3.63) is 0 Å². The Morgan fingerprint density at radius 3 is 2.57 bits per heavy atom. The van der Waals surface area contributed by atoms with Gasteiger partial charge in [-0.3, -0.25) is 9.69 Å². The van der Waals surface area contributed by atoms with Gasteiger partial charge in [-0.15, -0.1) is 0 Å². The topological polar surface area (TPSA) is 55.6 Å². The minimum absolute atomic E-state index is 0.233. The van der Waals surface area contributed by atoms with Crippen LogP contribution in [0.1, 0.15) is 19.8 Å². The Morgan fingerprint density at radius 1 is 1.57 bits per heavy atom. The van der Waals surface area contributed by atoms with Gasteiger partial charge in [-0.2, -0.15) is 0 Å². The Kier molecular flexibility index (Phi) is 4.35. The second-order valence-electron chi connectivity index (χ2n) is 4.02. The normalized spacial score (nSPS) is 22.1. The molecule has 0 aromatic heterocycles. The maximum atomic E-state index is 10.7. The smallest absolute Gasteiger partial charge is 0.231 e. The van der Waals surface area contributed by atoms with Crippen molar-refractivity contribution in [1.29, 1.82) is 0 Å². The first-order chi connectivity index (χ1) is 6.63. The van der Waals surface area contributed by atoms with Gasteiger partial charge in [-0.05, 0) is 38.8 Å². The molecule has 4 nitrogen and oxygen atoms in total. The summed E-state index contributed by atoms with van der Waals surface area (Å²) in [6, 6.07) is 0. The number of carbonyl (C=O) groups excluding carboxylic acids is 1. The Bertz CT molecular complexity index is 189. The summed E-state index contributed by atoms with van der Waals surface area (Å²) >= 11 is 0. The number of ether oxygens (including phenoxy) is 1. The summed E-state index contributed by atoms with van der Waals surface area (Å²) in [5, 5.41) is 0. The fraction of sp³-hybridized carbons (Fsp3) is 0.900. The predicted molar refractivity (Wildman–Crippen MR) is 54.8 cm³/mol. The molecule has 0 aromatic carbocycles. The van der Waals surface area contributed by atoms with Gasteiger partial charge in [-0.25, -0.2) is 0 Å². The van der Waals surface area contributed by atoms with Gasteiger partial charge in [0.05, 0.1) is 12.6 Å². The molecule has 0 radical (unpaired) electrons. The molecule has 1 heterocycles. The molecule has 1 atom stereocenters. The highest BCUT2D eigenvalue weighted by Crippen LogP contribution is 2.21. The van der Waals surface area contributed by atoms with E-state index in [-0.39, 0.29) is 5.91 Å². The van der Waals surface area contributed by atoms with Crippen LogP contribution in [0.25, 0.3) is 0 Å². The van der Waals surface area contributed by atoms with Crippen molar-refractivity contribution in [3.63, 3.8) is 0 Å². The molecule has 0 aromatic rings. The summed E-state index contributed by atoms with van der Waals surface area (Å²) in [6.45, 7) is 4.42. The van der Waals surface area contributed by atoms with Gasteiger partial charge in [0, 0.05) is 7.11 Å². The van der Waals surface area contributed by atoms with Crippen LogP contribution in [-0.2, 0) is 9.53 Å². The number of piperidine rings is 1. The summed E-state index contributed by atoms with van der Waals surface area (Å²) in [6.07, 6.45) is 2.52. The van der Waals surface area contributed by atoms with Gasteiger partial charge in [0.25, 0.3) is 0 Å². The lowest BCUT2D eigenvalue weighted by Gasteiger charge is -2.33. The molecule has 0 aliphatic carbocycles. The van der Waals surface area contributed by atoms with Crippen molar-refractivity contribution >= 4 is 5.91 Å². The van der Waals surface area contributed by atoms with Crippen molar-refractivity contribution in [2.45, 2.75) is 25.9 Å². The highest BCUT2D eigenvalue weighted by Gasteiger charge is 2.24. The summed E-state index contributed by atoms with van der Waals surface area (Å²) in [7, 11) is 1.75. The molecule has 82 valence electrons. The van der Waals surface area contributed by atoms with E-state index in [0.717, 1.165) is 25.9 Å². The van der Waals surface area contributed by atoms with Crippen molar-refractivity contribution in [2.24, 2.45) is 11.7 Å². The third kappa shape index (κ3) is 3.27. The largest absolute Gasteiger partial charge is 0.381 e. The first-order valence-corrected chi connectivity index (χ1v) is 5.17. The molecule has 0 bridgehead atoms. The molecule has 4 heteroatoms. The number of primary amides is 1. The average Bonchev–Trinajstić information content (AvgIpc) is 2.17. The molecule has 0 saturated carbocycles. The Balaban J connectivity index is 2.27. The van der Waals surface area contributed by atoms with Crippen LogP contribution < -0.4 is 5.73 Å². The van der Waals surface area contributed by atoms with E-state index in [2.05, 4.69) is 11.8 Å². The molecule has 14 heavy (non-hydrogen) atoms. The van der Waals surface area contributed by atoms with Crippen molar-refractivity contribution in [1.82, 2.24) is 4.90 Å². The van der Waals surface area contributed by atoms with E-state index < -0.39 is 0 Å². The van der Waals surface area contributed by atoms with Crippen molar-refractivity contribution in [3.8, 4) is 0 Å². The van der Waals surface area contributed by atoms with E-state index >= 15 is 0 Å². The average molecular weight is 200 g/mol. The number of hydrogen-bond acceptors (Lipinski definition) is 3. The zero-order chi connectivity index (χ0) is 10.6. The summed E-state index contributed by atoms with van der Waals surface area (Å²) in [5.41, 5.74) is 5.14. The number of nitrogens with two attached hydrogens (primary N) is 1. The highest BCUT2D eigenvalue weighted by atomic mass is 16.5. The van der Waals surface area contributed by atoms with Gasteiger partial charge in [-0.1, -0.05) is 0 Å². The maximum absolute atomic E-state index is 10.7. The third-order valence-corrected chi connectivity index (χ3v) is 3.05. The number of likely N-dealkylation sites (tertiary alicyclic amines) is 1. The molecule has 1 aliphatic rings. The maximum Gasteiger partial charge on any atom is 0.231 e. The molecule has 0 unspecified atom stereocenters. The molecule has 1 aliphatic heterocycles. The Morgan fingerprint density at radius 2 is 2.14 bits per heavy atom. The standard InChI is InChI=1S/C10H20N2O2/c1-8(14-2)9-3-5-12(6-4-9)7-10(11)13/h8-9H,3-7H2,1-2H3,(H2,11,13)/t8-/m1/s1. The SMILES string of the molecule is CO[C@H](C)C1CCN(CC(N)=O)CC1. The van der Waals surface area contributed by atoms with Gasteiger partial charge >= 0.3 is 0 Å². The zero-order valence-electron chi connectivity index (χ0n) is 9.03. The molecule has 1 saturated heterocycles. The second-order valence-corrected chi connectivity index (χ2v) is 4.02. The van der Waals surface area contributed by atoms with Gasteiger partial charge in [0.2, 0.25) is 5.91 Å². The fourth-order valence-electron chi connectivity index (χ4n) is 1.99. The van der Waals surface area contributed by atoms with E-state index in [1.807, 2.05) is 0 Å². The van der Waals surface area contributed by atoms with E-state index in [1.54, 1.807) is 7.11 Å². The lowest BCUT2D eigenvalue weighted by molar-refractivity contribution is -0.119. The second kappa shape index (κ2) is 5.32. The number of rotatable bonds is 4.